The lowest BCUT2D eigenvalue weighted by atomic mass is 10.2. The molecule has 1 saturated carbocycles. The molecule has 5 heteroatoms. The Morgan fingerprint density at radius 1 is 1.25 bits per heavy atom. The molecule has 1 atom stereocenters. The first-order valence-electron chi connectivity index (χ1n) is 9.21. The van der Waals surface area contributed by atoms with E-state index in [0.717, 1.165) is 24.0 Å². The van der Waals surface area contributed by atoms with Crippen molar-refractivity contribution in [2.45, 2.75) is 71.1 Å². The number of hydrogen-bond donors (Lipinski definition) is 1. The van der Waals surface area contributed by atoms with Crippen molar-refractivity contribution in [2.75, 3.05) is 11.9 Å². The van der Waals surface area contributed by atoms with Gasteiger partial charge in [0.2, 0.25) is 0 Å². The van der Waals surface area contributed by atoms with Gasteiger partial charge in [0.25, 0.3) is 0 Å². The van der Waals surface area contributed by atoms with Gasteiger partial charge in [0.15, 0.2) is 5.13 Å². The Kier molecular flexibility index (Phi) is 4.63. The summed E-state index contributed by atoms with van der Waals surface area (Å²) in [7, 11) is 0. The zero-order chi connectivity index (χ0) is 16.5. The highest BCUT2D eigenvalue weighted by molar-refractivity contribution is 7.14. The fourth-order valence-electron chi connectivity index (χ4n) is 4.04. The van der Waals surface area contributed by atoms with Crippen LogP contribution in [0.25, 0.3) is 11.3 Å². The third-order valence-corrected chi connectivity index (χ3v) is 6.22. The number of aromatic nitrogens is 2. The summed E-state index contributed by atoms with van der Waals surface area (Å²) in [5.41, 5.74) is 4.98. The third-order valence-electron chi connectivity index (χ3n) is 5.45. The van der Waals surface area contributed by atoms with Crippen molar-refractivity contribution in [3.05, 3.63) is 22.8 Å². The van der Waals surface area contributed by atoms with Crippen LogP contribution in [0.2, 0.25) is 0 Å². The number of nitrogens with one attached hydrogen (secondary N) is 1. The van der Waals surface area contributed by atoms with E-state index in [1.54, 1.807) is 11.3 Å². The van der Waals surface area contributed by atoms with E-state index in [-0.39, 0.29) is 0 Å². The van der Waals surface area contributed by atoms with E-state index >= 15 is 0 Å². The first-order valence-corrected chi connectivity index (χ1v) is 10.1. The summed E-state index contributed by atoms with van der Waals surface area (Å²) in [6.07, 6.45) is 8.01. The molecule has 4 nitrogen and oxygen atoms in total. The molecule has 4 rings (SSSR count). The molecule has 2 aliphatic rings. The van der Waals surface area contributed by atoms with Crippen LogP contribution in [-0.4, -0.2) is 28.3 Å². The van der Waals surface area contributed by atoms with Gasteiger partial charge in [-0.25, -0.2) is 4.98 Å². The molecule has 130 valence electrons. The Balaban J connectivity index is 1.52. The fraction of sp³-hybridized carbons (Fsp3) is 0.632. The summed E-state index contributed by atoms with van der Waals surface area (Å²) in [5.74, 6) is 0. The molecule has 1 aliphatic carbocycles. The van der Waals surface area contributed by atoms with Gasteiger partial charge in [0.05, 0.1) is 11.8 Å². The molecule has 0 amide bonds. The second-order valence-electron chi connectivity index (χ2n) is 7.19. The minimum absolute atomic E-state index is 0.373. The lowest BCUT2D eigenvalue weighted by Gasteiger charge is -2.14. The summed E-state index contributed by atoms with van der Waals surface area (Å²) in [6.45, 7) is 6.28. The van der Waals surface area contributed by atoms with Crippen molar-refractivity contribution in [2.24, 2.45) is 0 Å². The summed E-state index contributed by atoms with van der Waals surface area (Å²) in [5, 5.41) is 6.87. The number of rotatable bonds is 5. The van der Waals surface area contributed by atoms with Crippen LogP contribution >= 0.6 is 11.3 Å². The van der Waals surface area contributed by atoms with E-state index in [1.807, 2.05) is 0 Å². The average Bonchev–Trinajstić information content (AvgIpc) is 3.33. The normalized spacial score (nSPS) is 21.7. The van der Waals surface area contributed by atoms with Gasteiger partial charge in [-0.05, 0) is 45.6 Å². The molecule has 0 aromatic carbocycles. The molecule has 2 aromatic rings. The zero-order valence-electron chi connectivity index (χ0n) is 14.7. The quantitative estimate of drug-likeness (QED) is 0.849. The Morgan fingerprint density at radius 2 is 2.08 bits per heavy atom. The minimum Gasteiger partial charge on any atom is -0.376 e. The molecule has 0 radical (unpaired) electrons. The van der Waals surface area contributed by atoms with Crippen LogP contribution in [-0.2, 0) is 11.3 Å². The maximum Gasteiger partial charge on any atom is 0.183 e. The Hall–Kier alpha value is -1.33. The molecular weight excluding hydrogens is 318 g/mol. The van der Waals surface area contributed by atoms with E-state index in [0.29, 0.717) is 12.1 Å². The molecule has 1 saturated heterocycles. The van der Waals surface area contributed by atoms with E-state index in [4.69, 9.17) is 9.72 Å². The highest BCUT2D eigenvalue weighted by Gasteiger charge is 2.21. The van der Waals surface area contributed by atoms with Crippen molar-refractivity contribution >= 4 is 16.5 Å². The summed E-state index contributed by atoms with van der Waals surface area (Å²) >= 11 is 1.73. The molecule has 24 heavy (non-hydrogen) atoms. The van der Waals surface area contributed by atoms with E-state index in [2.05, 4.69) is 35.2 Å². The van der Waals surface area contributed by atoms with Crippen molar-refractivity contribution in [3.63, 3.8) is 0 Å². The van der Waals surface area contributed by atoms with Crippen LogP contribution in [0.5, 0.6) is 0 Å². The number of hydrogen-bond acceptors (Lipinski definition) is 4. The molecular formula is C19H27N3OS. The van der Waals surface area contributed by atoms with Gasteiger partial charge in [0.1, 0.15) is 0 Å². The van der Waals surface area contributed by atoms with Crippen LogP contribution in [0.3, 0.4) is 0 Å². The number of aryl methyl sites for hydroxylation is 1. The van der Waals surface area contributed by atoms with Gasteiger partial charge in [-0.3, -0.25) is 0 Å². The Labute approximate surface area is 148 Å². The molecule has 0 spiro atoms. The van der Waals surface area contributed by atoms with Crippen molar-refractivity contribution in [1.29, 1.82) is 0 Å². The third kappa shape index (κ3) is 3.24. The van der Waals surface area contributed by atoms with Crippen molar-refractivity contribution < 1.29 is 4.74 Å². The van der Waals surface area contributed by atoms with E-state index in [9.17, 15) is 0 Å². The number of anilines is 1. The zero-order valence-corrected chi connectivity index (χ0v) is 15.5. The Bertz CT molecular complexity index is 694. The van der Waals surface area contributed by atoms with Crippen LogP contribution < -0.4 is 5.32 Å². The van der Waals surface area contributed by atoms with E-state index in [1.165, 1.54) is 55.5 Å². The molecule has 0 unspecified atom stereocenters. The van der Waals surface area contributed by atoms with Crippen LogP contribution in [0.15, 0.2) is 11.4 Å². The fourth-order valence-corrected chi connectivity index (χ4v) is 4.83. The second kappa shape index (κ2) is 6.89. The van der Waals surface area contributed by atoms with Gasteiger partial charge >= 0.3 is 0 Å². The highest BCUT2D eigenvalue weighted by Crippen LogP contribution is 2.32. The maximum absolute atomic E-state index is 5.82. The minimum atomic E-state index is 0.373. The summed E-state index contributed by atoms with van der Waals surface area (Å²) in [4.78, 5) is 4.85. The standard InChI is InChI=1S/C19H27N3OS/c1-13-10-17(14(2)22(13)11-16-8-5-9-23-16)18-12-24-19(21-18)20-15-6-3-4-7-15/h10,12,15-16H,3-9,11H2,1-2H3,(H,20,21)/t16-/m1/s1. The van der Waals surface area contributed by atoms with Gasteiger partial charge in [-0.1, -0.05) is 12.8 Å². The number of ether oxygens (including phenoxy) is 1. The summed E-state index contributed by atoms with van der Waals surface area (Å²) < 4.78 is 8.21. The molecule has 3 heterocycles. The first kappa shape index (κ1) is 16.2. The van der Waals surface area contributed by atoms with Crippen LogP contribution in [0.4, 0.5) is 5.13 Å². The molecule has 1 aliphatic heterocycles. The number of nitrogens with zero attached hydrogens (tertiary/aromatic N) is 2. The number of thiazole rings is 1. The predicted octanol–water partition coefficient (Wildman–Crippen LogP) is 4.76. The SMILES string of the molecule is Cc1cc(-c2csc(NC3CCCC3)n2)c(C)n1C[C@H]1CCCO1. The average molecular weight is 346 g/mol. The predicted molar refractivity (Wildman–Crippen MR) is 99.9 cm³/mol. The van der Waals surface area contributed by atoms with Gasteiger partial charge < -0.3 is 14.6 Å². The topological polar surface area (TPSA) is 39.1 Å². The maximum atomic E-state index is 5.82. The molecule has 2 fully saturated rings. The molecule has 0 bridgehead atoms. The van der Waals surface area contributed by atoms with Gasteiger partial charge in [-0.2, -0.15) is 0 Å². The second-order valence-corrected chi connectivity index (χ2v) is 8.05. The summed E-state index contributed by atoms with van der Waals surface area (Å²) in [6, 6.07) is 2.90. The van der Waals surface area contributed by atoms with Gasteiger partial charge in [-0.15, -0.1) is 11.3 Å². The highest BCUT2D eigenvalue weighted by atomic mass is 32.1. The smallest absolute Gasteiger partial charge is 0.183 e. The van der Waals surface area contributed by atoms with Crippen molar-refractivity contribution in [3.8, 4) is 11.3 Å². The lowest BCUT2D eigenvalue weighted by molar-refractivity contribution is 0.0962. The molecule has 2 aromatic heterocycles. The van der Waals surface area contributed by atoms with Crippen LogP contribution in [0.1, 0.15) is 49.9 Å². The van der Waals surface area contributed by atoms with Crippen LogP contribution in [0, 0.1) is 13.8 Å². The molecule has 1 N–H and O–H groups in total. The first-order chi connectivity index (χ1) is 11.7. The van der Waals surface area contributed by atoms with Gasteiger partial charge in [0, 0.05) is 41.5 Å². The largest absolute Gasteiger partial charge is 0.376 e. The lowest BCUT2D eigenvalue weighted by Crippen LogP contribution is -2.16. The van der Waals surface area contributed by atoms with E-state index < -0.39 is 0 Å². The monoisotopic (exact) mass is 345 g/mol. The van der Waals surface area contributed by atoms with Crippen molar-refractivity contribution in [1.82, 2.24) is 9.55 Å². The Morgan fingerprint density at radius 3 is 2.83 bits per heavy atom.